The lowest BCUT2D eigenvalue weighted by molar-refractivity contribution is -0.144. The Morgan fingerprint density at radius 3 is 2.33 bits per heavy atom. The SMILES string of the molecule is O=C(O)C1CCC(F)(CO)CC1. The van der Waals surface area contributed by atoms with Crippen molar-refractivity contribution in [3.8, 4) is 0 Å². The van der Waals surface area contributed by atoms with Gasteiger partial charge in [-0.15, -0.1) is 0 Å². The third-order valence-corrected chi connectivity index (χ3v) is 2.51. The minimum absolute atomic E-state index is 0.167. The summed E-state index contributed by atoms with van der Waals surface area (Å²) in [7, 11) is 0. The molecule has 1 aliphatic carbocycles. The number of hydrogen-bond donors (Lipinski definition) is 2. The van der Waals surface area contributed by atoms with Gasteiger partial charge in [-0.05, 0) is 25.7 Å². The maximum Gasteiger partial charge on any atom is 0.306 e. The molecule has 0 amide bonds. The molecule has 1 rings (SSSR count). The molecule has 1 fully saturated rings. The van der Waals surface area contributed by atoms with Gasteiger partial charge in [-0.2, -0.15) is 0 Å². The van der Waals surface area contributed by atoms with E-state index >= 15 is 0 Å². The summed E-state index contributed by atoms with van der Waals surface area (Å²) in [5.41, 5.74) is -1.52. The molecule has 0 aromatic heterocycles. The molecule has 0 radical (unpaired) electrons. The first kappa shape index (κ1) is 9.45. The fourth-order valence-corrected chi connectivity index (χ4v) is 1.54. The maximum atomic E-state index is 13.3. The second-order valence-corrected chi connectivity index (χ2v) is 3.42. The summed E-state index contributed by atoms with van der Waals surface area (Å²) >= 11 is 0. The van der Waals surface area contributed by atoms with Crippen molar-refractivity contribution in [1.82, 2.24) is 0 Å². The van der Waals surface area contributed by atoms with E-state index < -0.39 is 24.2 Å². The molecule has 0 heterocycles. The fraction of sp³-hybridized carbons (Fsp3) is 0.875. The molecule has 1 aliphatic rings. The average molecular weight is 176 g/mol. The van der Waals surface area contributed by atoms with Crippen molar-refractivity contribution >= 4 is 5.97 Å². The summed E-state index contributed by atoms with van der Waals surface area (Å²) in [6, 6.07) is 0. The van der Waals surface area contributed by atoms with Gasteiger partial charge in [0.05, 0.1) is 12.5 Å². The number of carboxylic acids is 1. The highest BCUT2D eigenvalue weighted by Gasteiger charge is 2.36. The number of hydrogen-bond acceptors (Lipinski definition) is 2. The van der Waals surface area contributed by atoms with Gasteiger partial charge in [-0.3, -0.25) is 4.79 Å². The minimum Gasteiger partial charge on any atom is -0.481 e. The van der Waals surface area contributed by atoms with Crippen LogP contribution in [0, 0.1) is 5.92 Å². The molecule has 0 aliphatic heterocycles. The zero-order valence-electron chi connectivity index (χ0n) is 6.79. The monoisotopic (exact) mass is 176 g/mol. The second kappa shape index (κ2) is 3.39. The van der Waals surface area contributed by atoms with Crippen LogP contribution in [0.15, 0.2) is 0 Å². The van der Waals surface area contributed by atoms with Crippen LogP contribution in [0.2, 0.25) is 0 Å². The Bertz CT molecular complexity index is 173. The molecule has 3 nitrogen and oxygen atoms in total. The molecule has 0 aromatic carbocycles. The van der Waals surface area contributed by atoms with Crippen LogP contribution in [-0.2, 0) is 4.79 Å². The highest BCUT2D eigenvalue weighted by Crippen LogP contribution is 2.34. The van der Waals surface area contributed by atoms with E-state index in [0.29, 0.717) is 12.8 Å². The quantitative estimate of drug-likeness (QED) is 0.658. The standard InChI is InChI=1S/C8H13FO3/c9-8(5-10)3-1-6(2-4-8)7(11)12/h6,10H,1-5H2,(H,11,12). The van der Waals surface area contributed by atoms with Crippen molar-refractivity contribution in [1.29, 1.82) is 0 Å². The van der Waals surface area contributed by atoms with Crippen LogP contribution in [0.3, 0.4) is 0 Å². The number of rotatable bonds is 2. The van der Waals surface area contributed by atoms with E-state index in [-0.39, 0.29) is 12.8 Å². The van der Waals surface area contributed by atoms with Crippen LogP contribution in [0.1, 0.15) is 25.7 Å². The van der Waals surface area contributed by atoms with E-state index in [2.05, 4.69) is 0 Å². The van der Waals surface area contributed by atoms with Gasteiger partial charge in [0.25, 0.3) is 0 Å². The summed E-state index contributed by atoms with van der Waals surface area (Å²) in [6.45, 7) is -0.487. The lowest BCUT2D eigenvalue weighted by Gasteiger charge is -2.30. The van der Waals surface area contributed by atoms with E-state index in [0.717, 1.165) is 0 Å². The third kappa shape index (κ3) is 1.94. The van der Waals surface area contributed by atoms with Crippen LogP contribution in [-0.4, -0.2) is 28.5 Å². The maximum absolute atomic E-state index is 13.3. The zero-order valence-corrected chi connectivity index (χ0v) is 6.79. The lowest BCUT2D eigenvalue weighted by Crippen LogP contribution is -2.35. The first-order valence-electron chi connectivity index (χ1n) is 4.10. The number of aliphatic hydroxyl groups is 1. The van der Waals surface area contributed by atoms with Crippen LogP contribution >= 0.6 is 0 Å². The molecule has 70 valence electrons. The molecule has 0 unspecified atom stereocenters. The molecule has 1 saturated carbocycles. The Kier molecular flexibility index (Phi) is 2.67. The van der Waals surface area contributed by atoms with E-state index in [1.807, 2.05) is 0 Å². The van der Waals surface area contributed by atoms with Crippen LogP contribution in [0.5, 0.6) is 0 Å². The van der Waals surface area contributed by atoms with Crippen molar-refractivity contribution in [3.63, 3.8) is 0 Å². The van der Waals surface area contributed by atoms with Gasteiger partial charge in [0.15, 0.2) is 0 Å². The second-order valence-electron chi connectivity index (χ2n) is 3.42. The van der Waals surface area contributed by atoms with Crippen molar-refractivity contribution in [2.45, 2.75) is 31.4 Å². The fourth-order valence-electron chi connectivity index (χ4n) is 1.54. The first-order chi connectivity index (χ1) is 5.57. The Hall–Kier alpha value is -0.640. The van der Waals surface area contributed by atoms with Crippen molar-refractivity contribution in [3.05, 3.63) is 0 Å². The summed E-state index contributed by atoms with van der Waals surface area (Å²) < 4.78 is 13.3. The number of alkyl halides is 1. The molecular weight excluding hydrogens is 163 g/mol. The molecule has 0 atom stereocenters. The van der Waals surface area contributed by atoms with Gasteiger partial charge in [0.1, 0.15) is 5.67 Å². The average Bonchev–Trinajstić information content (AvgIpc) is 2.05. The predicted molar refractivity (Wildman–Crippen MR) is 40.5 cm³/mol. The molecule has 12 heavy (non-hydrogen) atoms. The molecule has 0 spiro atoms. The van der Waals surface area contributed by atoms with Gasteiger partial charge in [0.2, 0.25) is 0 Å². The van der Waals surface area contributed by atoms with Crippen molar-refractivity contribution in [2.75, 3.05) is 6.61 Å². The van der Waals surface area contributed by atoms with Gasteiger partial charge >= 0.3 is 5.97 Å². The number of carbonyl (C=O) groups is 1. The highest BCUT2D eigenvalue weighted by molar-refractivity contribution is 5.70. The van der Waals surface area contributed by atoms with E-state index in [4.69, 9.17) is 10.2 Å². The topological polar surface area (TPSA) is 57.5 Å². The van der Waals surface area contributed by atoms with E-state index in [1.165, 1.54) is 0 Å². The van der Waals surface area contributed by atoms with Gasteiger partial charge in [-0.1, -0.05) is 0 Å². The molecule has 4 heteroatoms. The first-order valence-corrected chi connectivity index (χ1v) is 4.10. The number of aliphatic hydroxyl groups excluding tert-OH is 1. The Morgan fingerprint density at radius 2 is 2.00 bits per heavy atom. The van der Waals surface area contributed by atoms with Gasteiger partial charge < -0.3 is 10.2 Å². The van der Waals surface area contributed by atoms with E-state index in [1.54, 1.807) is 0 Å². The smallest absolute Gasteiger partial charge is 0.306 e. The van der Waals surface area contributed by atoms with E-state index in [9.17, 15) is 9.18 Å². The molecule has 0 bridgehead atoms. The number of halogens is 1. The van der Waals surface area contributed by atoms with Crippen LogP contribution < -0.4 is 0 Å². The Morgan fingerprint density at radius 1 is 1.50 bits per heavy atom. The lowest BCUT2D eigenvalue weighted by atomic mass is 9.80. The normalized spacial score (nSPS) is 36.3. The number of aliphatic carboxylic acids is 1. The minimum atomic E-state index is -1.52. The molecule has 0 saturated heterocycles. The molecular formula is C8H13FO3. The molecule has 0 aromatic rings. The van der Waals surface area contributed by atoms with Crippen molar-refractivity contribution < 1.29 is 19.4 Å². The molecule has 2 N–H and O–H groups in total. The van der Waals surface area contributed by atoms with Crippen LogP contribution in [0.4, 0.5) is 4.39 Å². The van der Waals surface area contributed by atoms with Crippen LogP contribution in [0.25, 0.3) is 0 Å². The largest absolute Gasteiger partial charge is 0.481 e. The van der Waals surface area contributed by atoms with Gasteiger partial charge in [-0.25, -0.2) is 4.39 Å². The summed E-state index contributed by atoms with van der Waals surface area (Å²) in [5, 5.41) is 17.2. The summed E-state index contributed by atoms with van der Waals surface area (Å²) in [4.78, 5) is 10.5. The third-order valence-electron chi connectivity index (χ3n) is 2.51. The van der Waals surface area contributed by atoms with Crippen molar-refractivity contribution in [2.24, 2.45) is 5.92 Å². The Labute approximate surface area is 70.2 Å². The summed E-state index contributed by atoms with van der Waals surface area (Å²) in [6.07, 6.45) is 1.01. The highest BCUT2D eigenvalue weighted by atomic mass is 19.1. The van der Waals surface area contributed by atoms with Gasteiger partial charge in [0, 0.05) is 0 Å². The zero-order chi connectivity index (χ0) is 9.19. The predicted octanol–water partition coefficient (Wildman–Crippen LogP) is 0.962. The summed E-state index contributed by atoms with van der Waals surface area (Å²) in [5.74, 6) is -1.27. The number of carboxylic acid groups (broad SMARTS) is 1. The Balaban J connectivity index is 2.44.